The third-order valence-corrected chi connectivity index (χ3v) is 3.67. The molecule has 0 heterocycles. The van der Waals surface area contributed by atoms with Gasteiger partial charge in [0.2, 0.25) is 0 Å². The number of nitrogen functional groups attached to an aromatic ring is 1. The summed E-state index contributed by atoms with van der Waals surface area (Å²) in [6, 6.07) is 11.9. The number of para-hydroxylation sites is 1. The molecule has 0 spiro atoms. The first-order valence-corrected chi connectivity index (χ1v) is 7.10. The Labute approximate surface area is 133 Å². The van der Waals surface area contributed by atoms with Gasteiger partial charge in [0.15, 0.2) is 0 Å². The topological polar surface area (TPSA) is 67.2 Å². The van der Waals surface area contributed by atoms with Crippen molar-refractivity contribution >= 4 is 34.8 Å². The van der Waals surface area contributed by atoms with Crippen LogP contribution in [0.5, 0.6) is 0 Å². The lowest BCUT2D eigenvalue weighted by atomic mass is 10.1. The van der Waals surface area contributed by atoms with Gasteiger partial charge < -0.3 is 10.7 Å². The molecule has 21 heavy (non-hydrogen) atoms. The first kappa shape index (κ1) is 15.6. The van der Waals surface area contributed by atoms with Crippen LogP contribution in [0.1, 0.15) is 28.9 Å². The average molecular weight is 324 g/mol. The van der Waals surface area contributed by atoms with E-state index < -0.39 is 0 Å². The maximum atomic E-state index is 12.3. The first-order valence-electron chi connectivity index (χ1n) is 6.34. The molecule has 1 atom stereocenters. The van der Waals surface area contributed by atoms with Crippen molar-refractivity contribution in [3.8, 4) is 0 Å². The Kier molecular flexibility index (Phi) is 5.07. The van der Waals surface area contributed by atoms with Crippen LogP contribution >= 0.6 is 23.2 Å². The molecule has 0 aliphatic carbocycles. The van der Waals surface area contributed by atoms with Gasteiger partial charge in [-0.3, -0.25) is 10.6 Å². The summed E-state index contributed by atoms with van der Waals surface area (Å²) < 4.78 is 0. The van der Waals surface area contributed by atoms with E-state index in [1.807, 2.05) is 6.92 Å². The average Bonchev–Trinajstić information content (AvgIpc) is 2.46. The van der Waals surface area contributed by atoms with Crippen LogP contribution in [0, 0.1) is 0 Å². The van der Waals surface area contributed by atoms with E-state index in [-0.39, 0.29) is 11.9 Å². The number of nitrogens with two attached hydrogens (primary N) is 1. The zero-order valence-corrected chi connectivity index (χ0v) is 12.9. The number of carbonyl (C=O) groups excluding carboxylic acids is 1. The molecule has 2 aromatic rings. The minimum absolute atomic E-state index is 0.234. The second-order valence-electron chi connectivity index (χ2n) is 4.55. The van der Waals surface area contributed by atoms with Gasteiger partial charge in [-0.2, -0.15) is 0 Å². The van der Waals surface area contributed by atoms with Gasteiger partial charge in [0.1, 0.15) is 0 Å². The minimum atomic E-state index is -0.256. The molecular formula is C15H15Cl2N3O. The van der Waals surface area contributed by atoms with E-state index in [9.17, 15) is 4.79 Å². The molecule has 0 aromatic heterocycles. The summed E-state index contributed by atoms with van der Waals surface area (Å²) in [5, 5.41) is 3.96. The number of rotatable bonds is 4. The van der Waals surface area contributed by atoms with Gasteiger partial charge in [-0.15, -0.1) is 0 Å². The second-order valence-corrected chi connectivity index (χ2v) is 5.39. The van der Waals surface area contributed by atoms with E-state index >= 15 is 0 Å². The zero-order valence-electron chi connectivity index (χ0n) is 11.4. The predicted molar refractivity (Wildman–Crippen MR) is 86.6 cm³/mol. The Hall–Kier alpha value is -1.75. The van der Waals surface area contributed by atoms with Crippen molar-refractivity contribution in [3.63, 3.8) is 0 Å². The van der Waals surface area contributed by atoms with Crippen LogP contribution in [0.3, 0.4) is 0 Å². The lowest BCUT2D eigenvalue weighted by molar-refractivity contribution is 0.0940. The third-order valence-electron chi connectivity index (χ3n) is 3.10. The Morgan fingerprint density at radius 1 is 1.19 bits per heavy atom. The highest BCUT2D eigenvalue weighted by molar-refractivity contribution is 6.35. The quantitative estimate of drug-likeness (QED) is 0.592. The molecule has 0 aliphatic rings. The molecule has 0 aliphatic heterocycles. The molecule has 0 bridgehead atoms. The molecule has 6 heteroatoms. The number of amides is 1. The van der Waals surface area contributed by atoms with Gasteiger partial charge in [0, 0.05) is 10.0 Å². The number of hydrogen-bond donors (Lipinski definition) is 3. The van der Waals surface area contributed by atoms with E-state index in [1.165, 1.54) is 0 Å². The van der Waals surface area contributed by atoms with E-state index in [4.69, 9.17) is 29.0 Å². The molecule has 1 amide bonds. The molecule has 0 saturated carbocycles. The Morgan fingerprint density at radius 3 is 2.57 bits per heavy atom. The fraction of sp³-hybridized carbons (Fsp3) is 0.133. The normalized spacial score (nSPS) is 11.8. The van der Waals surface area contributed by atoms with Crippen LogP contribution in [0.25, 0.3) is 0 Å². The standard InChI is InChI=1S/C15H15Cl2N3O/c1-9(11-7-6-10(16)8-13(11)17)19-15(21)12-4-2-3-5-14(12)20-18/h2-9,20H,18H2,1H3,(H,19,21). The summed E-state index contributed by atoms with van der Waals surface area (Å²) in [6.07, 6.45) is 0. The van der Waals surface area contributed by atoms with Crippen molar-refractivity contribution in [2.24, 2.45) is 5.84 Å². The number of benzene rings is 2. The number of hydrogen-bond acceptors (Lipinski definition) is 3. The van der Waals surface area contributed by atoms with Crippen LogP contribution in [0.2, 0.25) is 10.0 Å². The maximum absolute atomic E-state index is 12.3. The highest BCUT2D eigenvalue weighted by Crippen LogP contribution is 2.26. The molecule has 0 radical (unpaired) electrons. The summed E-state index contributed by atoms with van der Waals surface area (Å²) in [5.41, 5.74) is 4.33. The summed E-state index contributed by atoms with van der Waals surface area (Å²) in [6.45, 7) is 1.85. The third kappa shape index (κ3) is 3.67. The highest BCUT2D eigenvalue weighted by atomic mass is 35.5. The van der Waals surface area contributed by atoms with Crippen molar-refractivity contribution in [1.29, 1.82) is 0 Å². The molecule has 2 rings (SSSR count). The number of halogens is 2. The molecule has 0 saturated heterocycles. The molecule has 110 valence electrons. The van der Waals surface area contributed by atoms with Crippen LogP contribution in [-0.2, 0) is 0 Å². The number of carbonyl (C=O) groups is 1. The maximum Gasteiger partial charge on any atom is 0.253 e. The fourth-order valence-electron chi connectivity index (χ4n) is 2.01. The van der Waals surface area contributed by atoms with E-state index in [0.29, 0.717) is 21.3 Å². The molecule has 0 fully saturated rings. The fourth-order valence-corrected chi connectivity index (χ4v) is 2.58. The van der Waals surface area contributed by atoms with E-state index in [2.05, 4.69) is 10.7 Å². The number of hydrazine groups is 1. The second kappa shape index (κ2) is 6.80. The van der Waals surface area contributed by atoms with Crippen molar-refractivity contribution in [1.82, 2.24) is 5.32 Å². The van der Waals surface area contributed by atoms with Crippen molar-refractivity contribution in [2.75, 3.05) is 5.43 Å². The summed E-state index contributed by atoms with van der Waals surface area (Å²) in [4.78, 5) is 12.3. The zero-order chi connectivity index (χ0) is 15.4. The van der Waals surface area contributed by atoms with E-state index in [1.54, 1.807) is 42.5 Å². The molecular weight excluding hydrogens is 309 g/mol. The van der Waals surface area contributed by atoms with E-state index in [0.717, 1.165) is 5.56 Å². The first-order chi connectivity index (χ1) is 10.0. The monoisotopic (exact) mass is 323 g/mol. The number of nitrogens with one attached hydrogen (secondary N) is 2. The van der Waals surface area contributed by atoms with Gasteiger partial charge >= 0.3 is 0 Å². The molecule has 4 nitrogen and oxygen atoms in total. The Bertz CT molecular complexity index is 661. The summed E-state index contributed by atoms with van der Waals surface area (Å²) >= 11 is 12.0. The summed E-state index contributed by atoms with van der Waals surface area (Å²) in [5.74, 6) is 5.17. The lowest BCUT2D eigenvalue weighted by Gasteiger charge is -2.17. The molecule has 4 N–H and O–H groups in total. The molecule has 1 unspecified atom stereocenters. The largest absolute Gasteiger partial charge is 0.345 e. The lowest BCUT2D eigenvalue weighted by Crippen LogP contribution is -2.28. The minimum Gasteiger partial charge on any atom is -0.345 e. The Morgan fingerprint density at radius 2 is 1.90 bits per heavy atom. The van der Waals surface area contributed by atoms with Crippen molar-refractivity contribution in [2.45, 2.75) is 13.0 Å². The van der Waals surface area contributed by atoms with Crippen LogP contribution in [0.4, 0.5) is 5.69 Å². The number of anilines is 1. The van der Waals surface area contributed by atoms with Crippen LogP contribution < -0.4 is 16.6 Å². The smallest absolute Gasteiger partial charge is 0.253 e. The highest BCUT2D eigenvalue weighted by Gasteiger charge is 2.16. The van der Waals surface area contributed by atoms with Gasteiger partial charge in [-0.05, 0) is 36.8 Å². The van der Waals surface area contributed by atoms with Gasteiger partial charge in [0.25, 0.3) is 5.91 Å². The Balaban J connectivity index is 2.19. The summed E-state index contributed by atoms with van der Waals surface area (Å²) in [7, 11) is 0. The van der Waals surface area contributed by atoms with Crippen LogP contribution in [-0.4, -0.2) is 5.91 Å². The SMILES string of the molecule is CC(NC(=O)c1ccccc1NN)c1ccc(Cl)cc1Cl. The van der Waals surface area contributed by atoms with Crippen LogP contribution in [0.15, 0.2) is 42.5 Å². The van der Waals surface area contributed by atoms with Crippen molar-refractivity contribution in [3.05, 3.63) is 63.6 Å². The van der Waals surface area contributed by atoms with Crippen molar-refractivity contribution < 1.29 is 4.79 Å². The molecule has 2 aromatic carbocycles. The van der Waals surface area contributed by atoms with Gasteiger partial charge in [-0.1, -0.05) is 41.4 Å². The predicted octanol–water partition coefficient (Wildman–Crippen LogP) is 3.77. The van der Waals surface area contributed by atoms with Gasteiger partial charge in [-0.25, -0.2) is 0 Å². The van der Waals surface area contributed by atoms with Gasteiger partial charge in [0.05, 0.1) is 17.3 Å².